The summed E-state index contributed by atoms with van der Waals surface area (Å²) in [6.07, 6.45) is 0.561. The third-order valence-electron chi connectivity index (χ3n) is 1.77. The summed E-state index contributed by atoms with van der Waals surface area (Å²) in [7, 11) is 0. The van der Waals surface area contributed by atoms with E-state index in [0.29, 0.717) is 6.42 Å². The number of nitrogens with one attached hydrogen (secondary N) is 1. The number of amides is 1. The molecule has 5 heteroatoms. The monoisotopic (exact) mass is 213 g/mol. The van der Waals surface area contributed by atoms with Gasteiger partial charge < -0.3 is 4.74 Å². The molecular formula is C10H12FNO3. The minimum absolute atomic E-state index is 0.144. The molecule has 0 spiro atoms. The van der Waals surface area contributed by atoms with E-state index in [-0.39, 0.29) is 18.8 Å². The van der Waals surface area contributed by atoms with Gasteiger partial charge in [-0.05, 0) is 18.6 Å². The normalized spacial score (nSPS) is 9.73. The maximum atomic E-state index is 13.0. The van der Waals surface area contributed by atoms with Crippen molar-refractivity contribution in [2.24, 2.45) is 0 Å². The Bertz CT molecular complexity index is 330. The molecule has 82 valence electrons. The predicted octanol–water partition coefficient (Wildman–Crippen LogP) is 1.49. The summed E-state index contributed by atoms with van der Waals surface area (Å²) in [4.78, 5) is 10.6. The highest BCUT2D eigenvalue weighted by atomic mass is 19.1. The van der Waals surface area contributed by atoms with Crippen molar-refractivity contribution >= 4 is 5.91 Å². The average molecular weight is 213 g/mol. The number of hydrogen-bond donors (Lipinski definition) is 2. The lowest BCUT2D eigenvalue weighted by Crippen LogP contribution is -2.18. The van der Waals surface area contributed by atoms with Crippen LogP contribution in [-0.2, 0) is 4.79 Å². The van der Waals surface area contributed by atoms with Gasteiger partial charge in [-0.3, -0.25) is 10.0 Å². The molecule has 0 saturated heterocycles. The first kappa shape index (κ1) is 11.5. The van der Waals surface area contributed by atoms with E-state index in [0.717, 1.165) is 0 Å². The Morgan fingerprint density at radius 3 is 2.87 bits per heavy atom. The molecule has 15 heavy (non-hydrogen) atoms. The number of carbonyl (C=O) groups excluding carboxylic acids is 1. The fourth-order valence-electron chi connectivity index (χ4n) is 1.03. The summed E-state index contributed by atoms with van der Waals surface area (Å²) < 4.78 is 18.1. The van der Waals surface area contributed by atoms with Gasteiger partial charge in [0.15, 0.2) is 11.6 Å². The van der Waals surface area contributed by atoms with Crippen molar-refractivity contribution in [3.05, 3.63) is 30.1 Å². The highest BCUT2D eigenvalue weighted by Gasteiger charge is 2.02. The van der Waals surface area contributed by atoms with Crippen LogP contribution in [0.1, 0.15) is 12.8 Å². The summed E-state index contributed by atoms with van der Waals surface area (Å²) in [5.74, 6) is -0.738. The lowest BCUT2D eigenvalue weighted by atomic mass is 10.3. The maximum Gasteiger partial charge on any atom is 0.243 e. The molecule has 0 saturated carbocycles. The summed E-state index contributed by atoms with van der Waals surface area (Å²) in [6, 6.07) is 6.05. The molecule has 0 atom stereocenters. The molecule has 4 nitrogen and oxygen atoms in total. The summed E-state index contributed by atoms with van der Waals surface area (Å²) in [5.41, 5.74) is 1.51. The Hall–Kier alpha value is -1.62. The van der Waals surface area contributed by atoms with Crippen molar-refractivity contribution in [2.75, 3.05) is 6.61 Å². The van der Waals surface area contributed by atoms with Crippen LogP contribution in [0.15, 0.2) is 24.3 Å². The highest BCUT2D eigenvalue weighted by Crippen LogP contribution is 2.15. The number of halogens is 1. The van der Waals surface area contributed by atoms with Gasteiger partial charge >= 0.3 is 0 Å². The maximum absolute atomic E-state index is 13.0. The average Bonchev–Trinajstić information content (AvgIpc) is 2.26. The number of hydrogen-bond acceptors (Lipinski definition) is 3. The lowest BCUT2D eigenvalue weighted by molar-refractivity contribution is -0.129. The fraction of sp³-hybridized carbons (Fsp3) is 0.300. The zero-order chi connectivity index (χ0) is 11.1. The molecule has 0 aliphatic heterocycles. The Morgan fingerprint density at radius 1 is 1.47 bits per heavy atom. The molecule has 0 unspecified atom stereocenters. The summed E-state index contributed by atoms with van der Waals surface area (Å²) >= 11 is 0. The van der Waals surface area contributed by atoms with E-state index in [4.69, 9.17) is 9.94 Å². The summed E-state index contributed by atoms with van der Waals surface area (Å²) in [5, 5.41) is 8.19. The number of rotatable bonds is 5. The molecule has 0 fully saturated rings. The molecule has 0 bridgehead atoms. The van der Waals surface area contributed by atoms with E-state index in [1.54, 1.807) is 12.1 Å². The van der Waals surface area contributed by atoms with Crippen LogP contribution >= 0.6 is 0 Å². The van der Waals surface area contributed by atoms with E-state index in [2.05, 4.69) is 0 Å². The molecule has 0 aromatic heterocycles. The number of ether oxygens (including phenoxy) is 1. The van der Waals surface area contributed by atoms with E-state index in [1.165, 1.54) is 17.6 Å². The smallest absolute Gasteiger partial charge is 0.243 e. The van der Waals surface area contributed by atoms with Crippen molar-refractivity contribution in [1.29, 1.82) is 0 Å². The molecule has 1 aromatic rings. The molecular weight excluding hydrogens is 201 g/mol. The largest absolute Gasteiger partial charge is 0.491 e. The van der Waals surface area contributed by atoms with Crippen LogP contribution in [0.4, 0.5) is 4.39 Å². The number of para-hydroxylation sites is 1. The minimum Gasteiger partial charge on any atom is -0.491 e. The minimum atomic E-state index is -0.480. The van der Waals surface area contributed by atoms with Crippen LogP contribution < -0.4 is 10.2 Å². The van der Waals surface area contributed by atoms with Crippen molar-refractivity contribution in [3.8, 4) is 5.75 Å². The molecule has 0 aliphatic rings. The Kier molecular flexibility index (Phi) is 4.56. The van der Waals surface area contributed by atoms with E-state index < -0.39 is 11.7 Å². The van der Waals surface area contributed by atoms with Crippen molar-refractivity contribution in [2.45, 2.75) is 12.8 Å². The van der Waals surface area contributed by atoms with Gasteiger partial charge in [0.25, 0.3) is 0 Å². The zero-order valence-corrected chi connectivity index (χ0v) is 8.07. The second-order valence-electron chi connectivity index (χ2n) is 2.92. The number of carbonyl (C=O) groups is 1. The van der Waals surface area contributed by atoms with Gasteiger partial charge in [0.2, 0.25) is 5.91 Å². The first-order valence-electron chi connectivity index (χ1n) is 4.54. The van der Waals surface area contributed by atoms with E-state index in [1.807, 2.05) is 0 Å². The Balaban J connectivity index is 2.26. The van der Waals surface area contributed by atoms with Gasteiger partial charge in [0, 0.05) is 6.42 Å². The fourth-order valence-corrected chi connectivity index (χ4v) is 1.03. The Labute approximate surface area is 86.6 Å². The Morgan fingerprint density at radius 2 is 2.20 bits per heavy atom. The third-order valence-corrected chi connectivity index (χ3v) is 1.77. The van der Waals surface area contributed by atoms with Crippen molar-refractivity contribution in [1.82, 2.24) is 5.48 Å². The topological polar surface area (TPSA) is 58.6 Å². The van der Waals surface area contributed by atoms with E-state index in [9.17, 15) is 9.18 Å². The molecule has 0 aliphatic carbocycles. The number of hydroxylamine groups is 1. The van der Waals surface area contributed by atoms with Gasteiger partial charge in [-0.15, -0.1) is 0 Å². The second-order valence-corrected chi connectivity index (χ2v) is 2.92. The SMILES string of the molecule is O=C(CCCOc1ccccc1F)NO. The van der Waals surface area contributed by atoms with Crippen LogP contribution in [0.25, 0.3) is 0 Å². The lowest BCUT2D eigenvalue weighted by Gasteiger charge is -2.05. The van der Waals surface area contributed by atoms with Gasteiger partial charge in [-0.1, -0.05) is 12.1 Å². The molecule has 0 heterocycles. The molecule has 1 aromatic carbocycles. The standard InChI is InChI=1S/C10H12FNO3/c11-8-4-1-2-5-9(8)15-7-3-6-10(13)12-14/h1-2,4-5,14H,3,6-7H2,(H,12,13). The second kappa shape index (κ2) is 5.98. The highest BCUT2D eigenvalue weighted by molar-refractivity contribution is 5.74. The first-order chi connectivity index (χ1) is 7.24. The predicted molar refractivity (Wildman–Crippen MR) is 51.1 cm³/mol. The molecule has 1 rings (SSSR count). The molecule has 1 amide bonds. The van der Waals surface area contributed by atoms with Crippen LogP contribution in [-0.4, -0.2) is 17.7 Å². The first-order valence-corrected chi connectivity index (χ1v) is 4.54. The van der Waals surface area contributed by atoms with Crippen LogP contribution in [0.2, 0.25) is 0 Å². The number of benzene rings is 1. The van der Waals surface area contributed by atoms with Gasteiger partial charge in [-0.2, -0.15) is 0 Å². The van der Waals surface area contributed by atoms with E-state index >= 15 is 0 Å². The zero-order valence-electron chi connectivity index (χ0n) is 8.07. The van der Waals surface area contributed by atoms with Gasteiger partial charge in [0.1, 0.15) is 0 Å². The molecule has 2 N–H and O–H groups in total. The van der Waals surface area contributed by atoms with Crippen molar-refractivity contribution in [3.63, 3.8) is 0 Å². The van der Waals surface area contributed by atoms with Crippen LogP contribution in [0.5, 0.6) is 5.75 Å². The van der Waals surface area contributed by atoms with Gasteiger partial charge in [0.05, 0.1) is 6.61 Å². The molecule has 0 radical (unpaired) electrons. The van der Waals surface area contributed by atoms with Gasteiger partial charge in [-0.25, -0.2) is 9.87 Å². The van der Waals surface area contributed by atoms with Crippen LogP contribution in [0, 0.1) is 5.82 Å². The quantitative estimate of drug-likeness (QED) is 0.442. The van der Waals surface area contributed by atoms with Crippen LogP contribution in [0.3, 0.4) is 0 Å². The van der Waals surface area contributed by atoms with Crippen molar-refractivity contribution < 1.29 is 19.1 Å². The third kappa shape index (κ3) is 3.95. The summed E-state index contributed by atoms with van der Waals surface area (Å²) in [6.45, 7) is 0.231.